The first-order valence-corrected chi connectivity index (χ1v) is 11.3. The molecule has 0 saturated carbocycles. The number of piperidine rings is 2. The molecule has 0 radical (unpaired) electrons. The van der Waals surface area contributed by atoms with E-state index < -0.39 is 0 Å². The summed E-state index contributed by atoms with van der Waals surface area (Å²) in [5, 5.41) is 10.7. The molecule has 6 nitrogen and oxygen atoms in total. The molecule has 0 aliphatic carbocycles. The van der Waals surface area contributed by atoms with Crippen LogP contribution in [0.15, 0.2) is 34.9 Å². The van der Waals surface area contributed by atoms with Gasteiger partial charge in [0.2, 0.25) is 5.91 Å². The van der Waals surface area contributed by atoms with Gasteiger partial charge in [-0.25, -0.2) is 0 Å². The van der Waals surface area contributed by atoms with E-state index in [0.717, 1.165) is 55.4 Å². The molecule has 4 rings (SSSR count). The van der Waals surface area contributed by atoms with Crippen molar-refractivity contribution in [2.45, 2.75) is 58.7 Å². The summed E-state index contributed by atoms with van der Waals surface area (Å²) in [5.74, 6) is 2.33. The van der Waals surface area contributed by atoms with Gasteiger partial charge in [0.1, 0.15) is 5.76 Å². The van der Waals surface area contributed by atoms with Crippen LogP contribution in [-0.2, 0) is 17.9 Å². The molecule has 3 atom stereocenters. The van der Waals surface area contributed by atoms with Gasteiger partial charge in [-0.3, -0.25) is 9.69 Å². The predicted molar refractivity (Wildman–Crippen MR) is 131 cm³/mol. The number of likely N-dealkylation sites (tertiary alicyclic amines) is 1. The number of nitrogens with one attached hydrogen (secondary N) is 2. The number of fused-ring (bicyclic) bond motifs is 2. The van der Waals surface area contributed by atoms with Crippen LogP contribution in [-0.4, -0.2) is 41.6 Å². The number of nitrogens with zero attached hydrogens (tertiary/aromatic N) is 2. The van der Waals surface area contributed by atoms with E-state index in [-0.39, 0.29) is 30.7 Å². The van der Waals surface area contributed by atoms with Crippen LogP contribution in [0.2, 0.25) is 0 Å². The summed E-state index contributed by atoms with van der Waals surface area (Å²) in [7, 11) is 0. The summed E-state index contributed by atoms with van der Waals surface area (Å²) in [6.45, 7) is 8.78. The van der Waals surface area contributed by atoms with E-state index in [9.17, 15) is 4.79 Å². The molecule has 2 bridgehead atoms. The first-order valence-electron chi connectivity index (χ1n) is 11.3. The molecule has 2 N–H and O–H groups in total. The van der Waals surface area contributed by atoms with Crippen LogP contribution in [0.3, 0.4) is 0 Å². The number of aromatic nitrogens is 1. The van der Waals surface area contributed by atoms with Crippen molar-refractivity contribution in [3.05, 3.63) is 52.9 Å². The summed E-state index contributed by atoms with van der Waals surface area (Å²) in [5.41, 5.74) is 3.24. The molecule has 2 fully saturated rings. The van der Waals surface area contributed by atoms with Gasteiger partial charge in [-0.15, -0.1) is 24.8 Å². The molecular weight excluding hydrogens is 447 g/mol. The van der Waals surface area contributed by atoms with Crippen LogP contribution in [0.5, 0.6) is 0 Å². The Bertz CT molecular complexity index is 826. The molecule has 2 aromatic rings. The lowest BCUT2D eigenvalue weighted by Gasteiger charge is -2.46. The molecule has 1 aromatic heterocycles. The summed E-state index contributed by atoms with van der Waals surface area (Å²) in [6, 6.07) is 11.3. The molecule has 178 valence electrons. The lowest BCUT2D eigenvalue weighted by molar-refractivity contribution is -0.121. The molecule has 1 aromatic carbocycles. The van der Waals surface area contributed by atoms with E-state index >= 15 is 0 Å². The zero-order chi connectivity index (χ0) is 20.9. The van der Waals surface area contributed by atoms with Crippen molar-refractivity contribution in [3.63, 3.8) is 0 Å². The topological polar surface area (TPSA) is 70.4 Å². The normalized spacial score (nSPS) is 22.5. The molecule has 3 heterocycles. The van der Waals surface area contributed by atoms with Crippen LogP contribution in [0.4, 0.5) is 0 Å². The van der Waals surface area contributed by atoms with Crippen LogP contribution in [0.25, 0.3) is 0 Å². The quantitative estimate of drug-likeness (QED) is 0.594. The number of hydrogen-bond donors (Lipinski definition) is 2. The van der Waals surface area contributed by atoms with Gasteiger partial charge in [-0.05, 0) is 57.1 Å². The number of aryl methyl sites for hydroxylation is 2. The average molecular weight is 483 g/mol. The molecule has 0 spiro atoms. The first-order chi connectivity index (χ1) is 14.6. The maximum Gasteiger partial charge on any atom is 0.220 e. The van der Waals surface area contributed by atoms with Gasteiger partial charge in [0.05, 0.1) is 5.69 Å². The average Bonchev–Trinajstić information content (AvgIpc) is 3.06. The van der Waals surface area contributed by atoms with Gasteiger partial charge >= 0.3 is 0 Å². The van der Waals surface area contributed by atoms with Gasteiger partial charge < -0.3 is 15.2 Å². The number of rotatable bonds is 8. The third-order valence-corrected chi connectivity index (χ3v) is 6.69. The second kappa shape index (κ2) is 12.6. The van der Waals surface area contributed by atoms with Crippen LogP contribution >= 0.6 is 24.8 Å². The maximum absolute atomic E-state index is 12.3. The van der Waals surface area contributed by atoms with Gasteiger partial charge in [0.15, 0.2) is 0 Å². The minimum Gasteiger partial charge on any atom is -0.361 e. The Hall–Kier alpha value is -1.60. The van der Waals surface area contributed by atoms with Crippen molar-refractivity contribution in [3.8, 4) is 0 Å². The van der Waals surface area contributed by atoms with E-state index in [2.05, 4.69) is 51.0 Å². The number of hydrogen-bond acceptors (Lipinski definition) is 5. The Morgan fingerprint density at radius 3 is 2.72 bits per heavy atom. The highest BCUT2D eigenvalue weighted by molar-refractivity contribution is 5.85. The smallest absolute Gasteiger partial charge is 0.220 e. The third-order valence-electron chi connectivity index (χ3n) is 6.69. The SMILES string of the molecule is Cc1noc(C)c1CNC(=O)CCC[C@H]1NCC2CC1CN(Cc1ccccc1)C2.Cl.Cl. The molecule has 2 aliphatic rings. The Kier molecular flexibility index (Phi) is 10.5. The van der Waals surface area contributed by atoms with Crippen molar-refractivity contribution in [2.24, 2.45) is 11.8 Å². The lowest BCUT2D eigenvalue weighted by Crippen LogP contribution is -2.55. The van der Waals surface area contributed by atoms with E-state index in [1.54, 1.807) is 0 Å². The van der Waals surface area contributed by atoms with E-state index in [4.69, 9.17) is 4.52 Å². The number of amides is 1. The van der Waals surface area contributed by atoms with E-state index in [1.807, 2.05) is 13.8 Å². The highest BCUT2D eigenvalue weighted by atomic mass is 35.5. The van der Waals surface area contributed by atoms with Crippen LogP contribution in [0, 0.1) is 25.7 Å². The molecule has 8 heteroatoms. The first kappa shape index (κ1) is 26.7. The van der Waals surface area contributed by atoms with Gasteiger partial charge in [-0.2, -0.15) is 0 Å². The third kappa shape index (κ3) is 6.95. The Balaban J connectivity index is 0.00000181. The number of halogens is 2. The molecule has 2 aliphatic heterocycles. The highest BCUT2D eigenvalue weighted by Crippen LogP contribution is 2.31. The van der Waals surface area contributed by atoms with Gasteiger partial charge in [-0.1, -0.05) is 35.5 Å². The van der Waals surface area contributed by atoms with Crippen molar-refractivity contribution in [1.82, 2.24) is 20.7 Å². The maximum atomic E-state index is 12.3. The second-order valence-corrected chi connectivity index (χ2v) is 9.03. The highest BCUT2D eigenvalue weighted by Gasteiger charge is 2.36. The Morgan fingerprint density at radius 1 is 1.22 bits per heavy atom. The summed E-state index contributed by atoms with van der Waals surface area (Å²) >= 11 is 0. The number of benzene rings is 1. The van der Waals surface area contributed by atoms with Crippen LogP contribution in [0.1, 0.15) is 48.3 Å². The minimum absolute atomic E-state index is 0. The fourth-order valence-corrected chi connectivity index (χ4v) is 5.09. The fraction of sp³-hybridized carbons (Fsp3) is 0.583. The number of carbonyl (C=O) groups excluding carboxylic acids is 1. The lowest BCUT2D eigenvalue weighted by atomic mass is 9.79. The Morgan fingerprint density at radius 2 is 2.00 bits per heavy atom. The largest absolute Gasteiger partial charge is 0.361 e. The monoisotopic (exact) mass is 482 g/mol. The summed E-state index contributed by atoms with van der Waals surface area (Å²) < 4.78 is 5.16. The van der Waals surface area contributed by atoms with E-state index in [1.165, 1.54) is 18.5 Å². The minimum atomic E-state index is 0. The Labute approximate surface area is 203 Å². The van der Waals surface area contributed by atoms with Crippen molar-refractivity contribution in [1.29, 1.82) is 0 Å². The summed E-state index contributed by atoms with van der Waals surface area (Å²) in [6.07, 6.45) is 3.88. The second-order valence-electron chi connectivity index (χ2n) is 9.03. The van der Waals surface area contributed by atoms with Gasteiger partial charge in [0.25, 0.3) is 0 Å². The molecule has 32 heavy (non-hydrogen) atoms. The van der Waals surface area contributed by atoms with Crippen LogP contribution < -0.4 is 10.6 Å². The fourth-order valence-electron chi connectivity index (χ4n) is 5.09. The predicted octanol–water partition coefficient (Wildman–Crippen LogP) is 4.03. The zero-order valence-corrected chi connectivity index (χ0v) is 20.6. The van der Waals surface area contributed by atoms with E-state index in [0.29, 0.717) is 24.9 Å². The van der Waals surface area contributed by atoms with Crippen molar-refractivity contribution in [2.75, 3.05) is 19.6 Å². The van der Waals surface area contributed by atoms with Crippen molar-refractivity contribution >= 4 is 30.7 Å². The molecule has 2 unspecified atom stereocenters. The number of carbonyl (C=O) groups is 1. The molecular formula is C24H36Cl2N4O2. The van der Waals surface area contributed by atoms with Gasteiger partial charge in [0, 0.05) is 44.2 Å². The standard InChI is InChI=1S/C24H34N4O2.2ClH/c1-17-22(18(2)30-27-17)13-26-24(29)10-6-9-23-21-11-20(12-25-23)15-28(16-21)14-19-7-4-3-5-8-19;;/h3-5,7-8,20-21,23,25H,6,9-16H2,1-2H3,(H,26,29);2*1H/t20?,21?,23-;;/m1../s1. The van der Waals surface area contributed by atoms with Crippen molar-refractivity contribution < 1.29 is 9.32 Å². The zero-order valence-electron chi connectivity index (χ0n) is 19.0. The summed E-state index contributed by atoms with van der Waals surface area (Å²) in [4.78, 5) is 14.9. The molecule has 2 saturated heterocycles. The molecule has 1 amide bonds.